The third-order valence-electron chi connectivity index (χ3n) is 4.96. The minimum Gasteiger partial charge on any atom is -0.363 e. The van der Waals surface area contributed by atoms with E-state index < -0.39 is 27.2 Å². The maximum absolute atomic E-state index is 15.2. The van der Waals surface area contributed by atoms with Gasteiger partial charge in [-0.25, -0.2) is 26.3 Å². The van der Waals surface area contributed by atoms with Crippen molar-refractivity contribution in [2.24, 2.45) is 0 Å². The average Bonchev–Trinajstić information content (AvgIpc) is 2.63. The molecule has 0 aromatic heterocycles. The van der Waals surface area contributed by atoms with E-state index in [0.29, 0.717) is 0 Å². The number of rotatable bonds is 7. The normalized spacial score (nSPS) is 16.1. The van der Waals surface area contributed by atoms with Crippen molar-refractivity contribution in [1.82, 2.24) is 4.72 Å². The van der Waals surface area contributed by atoms with E-state index in [-0.39, 0.29) is 47.8 Å². The van der Waals surface area contributed by atoms with Gasteiger partial charge in [-0.05, 0) is 56.2 Å². The average molecular weight is 437 g/mol. The zero-order chi connectivity index (χ0) is 22.2. The zero-order valence-corrected chi connectivity index (χ0v) is 17.4. The Morgan fingerprint density at radius 1 is 1.23 bits per heavy atom. The molecule has 3 rings (SSSR count). The van der Waals surface area contributed by atoms with Gasteiger partial charge >= 0.3 is 0 Å². The molecular weight excluding hydrogens is 415 g/mol. The van der Waals surface area contributed by atoms with Crippen LogP contribution in [0.2, 0.25) is 0 Å². The molecule has 1 aliphatic rings. The molecule has 1 N–H and O–H groups in total. The van der Waals surface area contributed by atoms with Crippen molar-refractivity contribution >= 4 is 15.7 Å². The molecule has 2 aromatic carbocycles. The lowest BCUT2D eigenvalue weighted by Crippen LogP contribution is -2.57. The summed E-state index contributed by atoms with van der Waals surface area (Å²) in [4.78, 5) is 1.33. The molecule has 9 heteroatoms. The van der Waals surface area contributed by atoms with E-state index >= 15 is 4.39 Å². The minimum atomic E-state index is -4.07. The fraction of sp³-hybridized carbons (Fsp3) is 0.381. The molecule has 30 heavy (non-hydrogen) atoms. The van der Waals surface area contributed by atoms with Gasteiger partial charge in [0.2, 0.25) is 10.0 Å². The van der Waals surface area contributed by atoms with Gasteiger partial charge in [0.15, 0.2) is 5.67 Å². The molecule has 0 unspecified atom stereocenters. The first-order valence-electron chi connectivity index (χ1n) is 9.36. The Morgan fingerprint density at radius 3 is 2.53 bits per heavy atom. The first-order chi connectivity index (χ1) is 13.9. The number of hydrogen-bond acceptors (Lipinski definition) is 4. The number of hydrogen-bond donors (Lipinski definition) is 1. The molecule has 1 aliphatic heterocycles. The largest absolute Gasteiger partial charge is 0.363 e. The number of anilines is 1. The van der Waals surface area contributed by atoms with Crippen LogP contribution in [0.15, 0.2) is 47.4 Å². The van der Waals surface area contributed by atoms with Crippen molar-refractivity contribution in [2.75, 3.05) is 24.5 Å². The first-order valence-corrected chi connectivity index (χ1v) is 10.8. The van der Waals surface area contributed by atoms with Gasteiger partial charge in [-0.15, -0.1) is 0 Å². The Hall–Kier alpha value is -2.57. The molecule has 1 saturated heterocycles. The van der Waals surface area contributed by atoms with Crippen LogP contribution in [0.3, 0.4) is 0 Å². The molecule has 0 atom stereocenters. The van der Waals surface area contributed by atoms with E-state index in [1.54, 1.807) is 0 Å². The van der Waals surface area contributed by atoms with Crippen molar-refractivity contribution in [3.63, 3.8) is 0 Å². The molecule has 0 spiro atoms. The number of alkyl halides is 2. The van der Waals surface area contributed by atoms with Crippen LogP contribution in [0, 0.1) is 17.1 Å². The number of nitriles is 1. The summed E-state index contributed by atoms with van der Waals surface area (Å²) in [5.74, 6) is -0.551. The van der Waals surface area contributed by atoms with Crippen molar-refractivity contribution in [2.45, 2.75) is 36.5 Å². The highest BCUT2D eigenvalue weighted by Crippen LogP contribution is 2.41. The predicted molar refractivity (Wildman–Crippen MR) is 108 cm³/mol. The summed E-state index contributed by atoms with van der Waals surface area (Å²) in [6.45, 7) is 2.23. The van der Waals surface area contributed by atoms with Gasteiger partial charge in [-0.1, -0.05) is 12.1 Å². The van der Waals surface area contributed by atoms with Gasteiger partial charge in [0, 0.05) is 6.54 Å². The van der Waals surface area contributed by atoms with E-state index in [1.165, 1.54) is 55.1 Å². The summed E-state index contributed by atoms with van der Waals surface area (Å²) < 4.78 is 70.3. The Bertz CT molecular complexity index is 1090. The van der Waals surface area contributed by atoms with E-state index in [1.807, 2.05) is 6.07 Å². The van der Waals surface area contributed by atoms with Crippen LogP contribution in [0.4, 0.5) is 18.9 Å². The highest BCUT2D eigenvalue weighted by molar-refractivity contribution is 7.89. The fourth-order valence-corrected chi connectivity index (χ4v) is 4.58. The van der Waals surface area contributed by atoms with Crippen LogP contribution in [-0.2, 0) is 15.7 Å². The Balaban J connectivity index is 1.85. The zero-order valence-electron chi connectivity index (χ0n) is 16.6. The topological polar surface area (TPSA) is 73.2 Å². The predicted octanol–water partition coefficient (Wildman–Crippen LogP) is 3.80. The number of sulfonamides is 1. The molecule has 0 radical (unpaired) electrons. The summed E-state index contributed by atoms with van der Waals surface area (Å²) in [6, 6.07) is 11.2. The minimum absolute atomic E-state index is 0.0314. The molecule has 5 nitrogen and oxygen atoms in total. The van der Waals surface area contributed by atoms with Gasteiger partial charge in [-0.2, -0.15) is 5.26 Å². The van der Waals surface area contributed by atoms with Crippen molar-refractivity contribution in [3.8, 4) is 6.07 Å². The van der Waals surface area contributed by atoms with Gasteiger partial charge in [0.05, 0.1) is 30.4 Å². The van der Waals surface area contributed by atoms with Crippen molar-refractivity contribution < 1.29 is 21.6 Å². The summed E-state index contributed by atoms with van der Waals surface area (Å²) in [7, 11) is -4.07. The first kappa shape index (κ1) is 22.1. The second-order valence-corrected chi connectivity index (χ2v) is 9.73. The van der Waals surface area contributed by atoms with E-state index in [0.717, 1.165) is 6.07 Å². The summed E-state index contributed by atoms with van der Waals surface area (Å²) in [6.07, 6.45) is -0.0314. The van der Waals surface area contributed by atoms with Crippen LogP contribution >= 0.6 is 0 Å². The quantitative estimate of drug-likeness (QED) is 0.715. The number of benzene rings is 2. The number of halogens is 3. The lowest BCUT2D eigenvalue weighted by Gasteiger charge is -2.46. The second kappa shape index (κ2) is 7.93. The Morgan fingerprint density at radius 2 is 1.93 bits per heavy atom. The van der Waals surface area contributed by atoms with Gasteiger partial charge in [0.25, 0.3) is 0 Å². The van der Waals surface area contributed by atoms with Gasteiger partial charge in [-0.3, -0.25) is 0 Å². The molecule has 0 saturated carbocycles. The van der Waals surface area contributed by atoms with Crippen LogP contribution in [-0.4, -0.2) is 33.7 Å². The monoisotopic (exact) mass is 437 g/mol. The molecule has 2 aromatic rings. The van der Waals surface area contributed by atoms with Crippen LogP contribution in [0.25, 0.3) is 0 Å². The third-order valence-corrected chi connectivity index (χ3v) is 6.45. The Labute approximate surface area is 174 Å². The summed E-state index contributed by atoms with van der Waals surface area (Å²) in [5.41, 5.74) is -2.83. The lowest BCUT2D eigenvalue weighted by atomic mass is 9.87. The molecule has 0 bridgehead atoms. The lowest BCUT2D eigenvalue weighted by molar-refractivity contribution is 0.119. The molecule has 1 heterocycles. The summed E-state index contributed by atoms with van der Waals surface area (Å²) >= 11 is 0. The van der Waals surface area contributed by atoms with Gasteiger partial charge < -0.3 is 4.90 Å². The van der Waals surface area contributed by atoms with Crippen LogP contribution in [0.5, 0.6) is 0 Å². The van der Waals surface area contributed by atoms with Gasteiger partial charge in [0.1, 0.15) is 16.4 Å². The maximum Gasteiger partial charge on any atom is 0.242 e. The smallest absolute Gasteiger partial charge is 0.242 e. The third kappa shape index (κ3) is 4.77. The highest BCUT2D eigenvalue weighted by Gasteiger charge is 2.46. The maximum atomic E-state index is 15.2. The fourth-order valence-electron chi connectivity index (χ4n) is 3.30. The Kier molecular flexibility index (Phi) is 5.85. The van der Waals surface area contributed by atoms with E-state index in [2.05, 4.69) is 4.72 Å². The van der Waals surface area contributed by atoms with Crippen molar-refractivity contribution in [3.05, 3.63) is 59.4 Å². The number of nitrogens with zero attached hydrogens (tertiary/aromatic N) is 2. The van der Waals surface area contributed by atoms with Crippen molar-refractivity contribution in [1.29, 1.82) is 5.26 Å². The van der Waals surface area contributed by atoms with Crippen LogP contribution < -0.4 is 9.62 Å². The molecule has 1 fully saturated rings. The summed E-state index contributed by atoms with van der Waals surface area (Å²) in [5, 5.41) is 9.15. The SMILES string of the molecule is CC(C)(F)CCNS(=O)(=O)c1cc(C#N)ccc1N1CC(F)(c2cccc(F)c2)C1. The van der Waals surface area contributed by atoms with E-state index in [4.69, 9.17) is 5.26 Å². The molecule has 0 amide bonds. The van der Waals surface area contributed by atoms with E-state index in [9.17, 15) is 17.2 Å². The molecule has 160 valence electrons. The standard InChI is InChI=1S/C21H22F3N3O2S/c1-20(2,23)8-9-26-30(28,29)19-10-15(12-25)6-7-18(19)27-13-21(24,14-27)16-4-3-5-17(22)11-16/h3-7,10-11,26H,8-9,13-14H2,1-2H3. The molecule has 0 aliphatic carbocycles. The molecular formula is C21H22F3N3O2S. The second-order valence-electron chi connectivity index (χ2n) is 7.99. The highest BCUT2D eigenvalue weighted by atomic mass is 32.2. The number of nitrogens with one attached hydrogen (secondary N) is 1. The van der Waals surface area contributed by atoms with Crippen LogP contribution in [0.1, 0.15) is 31.4 Å².